The van der Waals surface area contributed by atoms with Crippen molar-refractivity contribution in [3.63, 3.8) is 0 Å². The van der Waals surface area contributed by atoms with Gasteiger partial charge in [-0.1, -0.05) is 6.07 Å². The molecule has 6 nitrogen and oxygen atoms in total. The highest BCUT2D eigenvalue weighted by Gasteiger charge is 2.51. The summed E-state index contributed by atoms with van der Waals surface area (Å²) in [5.41, 5.74) is -7.31. The SMILES string of the molecule is CC(=O)O[C@H]1c2c(S(=O)(=O)C(F)(F)F)ccc([C@@H](O)c3cc(F)cc(C#N)c3)c2C[C@H]1F. The van der Waals surface area contributed by atoms with E-state index in [0.29, 0.717) is 6.07 Å². The Morgan fingerprint density at radius 1 is 1.28 bits per heavy atom. The van der Waals surface area contributed by atoms with E-state index in [1.165, 1.54) is 0 Å². The highest BCUT2D eigenvalue weighted by Crippen LogP contribution is 2.46. The smallest absolute Gasteiger partial charge is 0.454 e. The Hall–Kier alpha value is -3.04. The number of hydrogen-bond donors (Lipinski definition) is 1. The largest absolute Gasteiger partial charge is 0.501 e. The third kappa shape index (κ3) is 4.05. The number of carbonyl (C=O) groups is 1. The minimum Gasteiger partial charge on any atom is -0.454 e. The van der Waals surface area contributed by atoms with Crippen molar-refractivity contribution in [2.75, 3.05) is 0 Å². The van der Waals surface area contributed by atoms with Crippen molar-refractivity contribution in [2.45, 2.75) is 42.1 Å². The first-order valence-corrected chi connectivity index (χ1v) is 10.4. The van der Waals surface area contributed by atoms with Crippen LogP contribution in [0.25, 0.3) is 0 Å². The number of alkyl halides is 4. The van der Waals surface area contributed by atoms with Gasteiger partial charge in [0.2, 0.25) is 0 Å². The Morgan fingerprint density at radius 3 is 2.50 bits per heavy atom. The van der Waals surface area contributed by atoms with Crippen LogP contribution in [0.1, 0.15) is 46.9 Å². The van der Waals surface area contributed by atoms with E-state index in [2.05, 4.69) is 0 Å². The summed E-state index contributed by atoms with van der Waals surface area (Å²) in [5.74, 6) is -1.94. The topological polar surface area (TPSA) is 104 Å². The van der Waals surface area contributed by atoms with Crippen LogP contribution in [0.5, 0.6) is 0 Å². The Morgan fingerprint density at radius 2 is 1.94 bits per heavy atom. The third-order valence-electron chi connectivity index (χ3n) is 4.91. The van der Waals surface area contributed by atoms with Crippen LogP contribution in [-0.4, -0.2) is 31.2 Å². The zero-order chi connectivity index (χ0) is 24.0. The van der Waals surface area contributed by atoms with E-state index in [0.717, 1.165) is 31.2 Å². The monoisotopic (exact) mass is 475 g/mol. The molecule has 3 atom stereocenters. The summed E-state index contributed by atoms with van der Waals surface area (Å²) in [4.78, 5) is 10.1. The molecular formula is C20H14F5NO5S. The Balaban J connectivity index is 2.27. The second-order valence-corrected chi connectivity index (χ2v) is 8.94. The maximum absolute atomic E-state index is 14.7. The Labute approximate surface area is 178 Å². The van der Waals surface area contributed by atoms with Crippen molar-refractivity contribution in [2.24, 2.45) is 0 Å². The lowest BCUT2D eigenvalue weighted by Crippen LogP contribution is -2.26. The lowest BCUT2D eigenvalue weighted by molar-refractivity contribution is -0.149. The summed E-state index contributed by atoms with van der Waals surface area (Å²) in [6, 6.07) is 5.92. The molecule has 0 heterocycles. The lowest BCUT2D eigenvalue weighted by Gasteiger charge is -2.21. The van der Waals surface area contributed by atoms with Gasteiger partial charge in [-0.25, -0.2) is 17.2 Å². The lowest BCUT2D eigenvalue weighted by atomic mass is 9.93. The standard InChI is InChI=1S/C20H14F5NO5S/c1-9(27)31-19-15(22)7-14-13(18(28)11-4-10(8-26)5-12(21)6-11)2-3-16(17(14)19)32(29,30)20(23,24)25/h2-6,15,18-19,28H,7H2,1H3/t15-,18+,19-/m1/s1. The van der Waals surface area contributed by atoms with Crippen LogP contribution in [0.4, 0.5) is 22.0 Å². The number of rotatable bonds is 4. The second-order valence-electron chi connectivity index (χ2n) is 7.03. The van der Waals surface area contributed by atoms with Gasteiger partial charge in [0.25, 0.3) is 9.84 Å². The molecule has 170 valence electrons. The summed E-state index contributed by atoms with van der Waals surface area (Å²) in [5, 5.41) is 19.7. The van der Waals surface area contributed by atoms with E-state index in [4.69, 9.17) is 10.00 Å². The molecule has 0 aliphatic heterocycles. The van der Waals surface area contributed by atoms with Gasteiger partial charge in [-0.3, -0.25) is 4.79 Å². The van der Waals surface area contributed by atoms with Crippen LogP contribution in [-0.2, 0) is 25.8 Å². The summed E-state index contributed by atoms with van der Waals surface area (Å²) < 4.78 is 97.1. The fraction of sp³-hybridized carbons (Fsp3) is 0.300. The van der Waals surface area contributed by atoms with Gasteiger partial charge in [0.1, 0.15) is 18.1 Å². The van der Waals surface area contributed by atoms with Crippen LogP contribution in [0, 0.1) is 17.1 Å². The maximum Gasteiger partial charge on any atom is 0.501 e. The average Bonchev–Trinajstić information content (AvgIpc) is 3.00. The van der Waals surface area contributed by atoms with Gasteiger partial charge in [-0.15, -0.1) is 0 Å². The number of nitriles is 1. The first-order valence-electron chi connectivity index (χ1n) is 8.95. The van der Waals surface area contributed by atoms with Crippen LogP contribution >= 0.6 is 0 Å². The Kier molecular flexibility index (Phi) is 6.01. The predicted octanol–water partition coefficient (Wildman–Crippen LogP) is 3.57. The minimum absolute atomic E-state index is 0.159. The van der Waals surface area contributed by atoms with Crippen molar-refractivity contribution in [1.82, 2.24) is 0 Å². The quantitative estimate of drug-likeness (QED) is 0.536. The summed E-state index contributed by atoms with van der Waals surface area (Å²) >= 11 is 0. The van der Waals surface area contributed by atoms with Crippen molar-refractivity contribution in [3.05, 3.63) is 64.0 Å². The molecule has 0 amide bonds. The maximum atomic E-state index is 14.7. The molecular weight excluding hydrogens is 461 g/mol. The molecule has 0 bridgehead atoms. The highest BCUT2D eigenvalue weighted by atomic mass is 32.2. The number of halogens is 5. The molecule has 0 spiro atoms. The van der Waals surface area contributed by atoms with Crippen molar-refractivity contribution in [3.8, 4) is 6.07 Å². The molecule has 1 N–H and O–H groups in total. The zero-order valence-electron chi connectivity index (χ0n) is 16.2. The molecule has 0 radical (unpaired) electrons. The van der Waals surface area contributed by atoms with Gasteiger partial charge < -0.3 is 9.84 Å². The number of hydrogen-bond acceptors (Lipinski definition) is 6. The van der Waals surface area contributed by atoms with E-state index in [1.807, 2.05) is 0 Å². The molecule has 32 heavy (non-hydrogen) atoms. The Bertz CT molecular complexity index is 1240. The second kappa shape index (κ2) is 8.14. The average molecular weight is 475 g/mol. The molecule has 2 aromatic rings. The minimum atomic E-state index is -5.96. The van der Waals surface area contributed by atoms with E-state index < -0.39 is 62.4 Å². The molecule has 0 saturated heterocycles. The van der Waals surface area contributed by atoms with Gasteiger partial charge in [0.05, 0.1) is 16.5 Å². The number of aliphatic hydroxyl groups is 1. The summed E-state index contributed by atoms with van der Waals surface area (Å²) in [6.45, 7) is 0.873. The van der Waals surface area contributed by atoms with Crippen LogP contribution in [0.3, 0.4) is 0 Å². The number of sulfone groups is 1. The van der Waals surface area contributed by atoms with Crippen LogP contribution < -0.4 is 0 Å². The van der Waals surface area contributed by atoms with Gasteiger partial charge in [-0.2, -0.15) is 18.4 Å². The normalized spacial score (nSPS) is 19.2. The number of esters is 1. The first-order chi connectivity index (χ1) is 14.8. The highest BCUT2D eigenvalue weighted by molar-refractivity contribution is 7.92. The van der Waals surface area contributed by atoms with Crippen molar-refractivity contribution >= 4 is 15.8 Å². The number of nitrogens with zero attached hydrogens (tertiary/aromatic N) is 1. The number of fused-ring (bicyclic) bond motifs is 1. The molecule has 0 fully saturated rings. The van der Waals surface area contributed by atoms with Gasteiger partial charge in [-0.05, 0) is 41.0 Å². The molecule has 1 aliphatic rings. The van der Waals surface area contributed by atoms with Gasteiger partial charge in [0, 0.05) is 18.9 Å². The molecule has 3 rings (SSSR count). The van der Waals surface area contributed by atoms with Crippen molar-refractivity contribution in [1.29, 1.82) is 5.26 Å². The molecule has 0 saturated carbocycles. The molecule has 2 aromatic carbocycles. The van der Waals surface area contributed by atoms with Crippen molar-refractivity contribution < 1.29 is 45.0 Å². The molecule has 12 heteroatoms. The van der Waals surface area contributed by atoms with E-state index >= 15 is 0 Å². The summed E-state index contributed by atoms with van der Waals surface area (Å²) in [6.07, 6.45) is -6.45. The van der Waals surface area contributed by atoms with Gasteiger partial charge >= 0.3 is 11.5 Å². The first kappa shape index (κ1) is 23.6. The van der Waals surface area contributed by atoms with Gasteiger partial charge in [0.15, 0.2) is 6.10 Å². The molecule has 0 unspecified atom stereocenters. The van der Waals surface area contributed by atoms with E-state index in [9.17, 15) is 40.3 Å². The molecule has 0 aromatic heterocycles. The predicted molar refractivity (Wildman–Crippen MR) is 98.0 cm³/mol. The van der Waals surface area contributed by atoms with Crippen LogP contribution in [0.15, 0.2) is 35.2 Å². The summed E-state index contributed by atoms with van der Waals surface area (Å²) in [7, 11) is -5.96. The number of benzene rings is 2. The number of aliphatic hydroxyl groups excluding tert-OH is 1. The molecule has 1 aliphatic carbocycles. The zero-order valence-corrected chi connectivity index (χ0v) is 17.0. The number of carbonyl (C=O) groups excluding carboxylic acids is 1. The van der Waals surface area contributed by atoms with E-state index in [-0.39, 0.29) is 22.3 Å². The van der Waals surface area contributed by atoms with E-state index in [1.54, 1.807) is 6.07 Å². The van der Waals surface area contributed by atoms with Crippen LogP contribution in [0.2, 0.25) is 0 Å². The number of ether oxygens (including phenoxy) is 1. The third-order valence-corrected chi connectivity index (χ3v) is 6.46. The fourth-order valence-electron chi connectivity index (χ4n) is 3.62. The fourth-order valence-corrected chi connectivity index (χ4v) is 4.65.